The second-order valence-corrected chi connectivity index (χ2v) is 5.16. The van der Waals surface area contributed by atoms with Crippen molar-refractivity contribution in [3.8, 4) is 0 Å². The lowest BCUT2D eigenvalue weighted by molar-refractivity contribution is -0.141. The number of rotatable bonds is 3. The fraction of sp³-hybridized carbons (Fsp3) is 0.833. The van der Waals surface area contributed by atoms with Gasteiger partial charge in [0.25, 0.3) is 0 Å². The Bertz CT molecular complexity index is 362. The van der Waals surface area contributed by atoms with Gasteiger partial charge in [0.15, 0.2) is 0 Å². The molecule has 2 unspecified atom stereocenters. The van der Waals surface area contributed by atoms with Crippen molar-refractivity contribution in [1.29, 1.82) is 0 Å². The van der Waals surface area contributed by atoms with Crippen LogP contribution < -0.4 is 5.32 Å². The molecule has 7 nitrogen and oxygen atoms in total. The number of carbonyl (C=O) groups excluding carboxylic acids is 1. The zero-order valence-electron chi connectivity index (χ0n) is 10.9. The molecule has 0 bridgehead atoms. The highest BCUT2D eigenvalue weighted by Crippen LogP contribution is 2.23. The molecule has 3 N–H and O–H groups in total. The summed E-state index contributed by atoms with van der Waals surface area (Å²) in [6.45, 7) is 0.0627. The van der Waals surface area contributed by atoms with Crippen LogP contribution in [0.4, 0.5) is 4.79 Å². The van der Waals surface area contributed by atoms with Crippen LogP contribution in [0.1, 0.15) is 25.7 Å². The van der Waals surface area contributed by atoms with Gasteiger partial charge in [0.1, 0.15) is 6.04 Å². The molecule has 19 heavy (non-hydrogen) atoms. The molecule has 1 saturated heterocycles. The maximum atomic E-state index is 12.1. The molecule has 2 rings (SSSR count). The Morgan fingerprint density at radius 3 is 2.74 bits per heavy atom. The van der Waals surface area contributed by atoms with Crippen molar-refractivity contribution in [2.24, 2.45) is 0 Å². The third kappa shape index (κ3) is 2.98. The van der Waals surface area contributed by atoms with Gasteiger partial charge < -0.3 is 25.2 Å². The van der Waals surface area contributed by atoms with Crippen LogP contribution in [-0.2, 0) is 9.53 Å². The number of amides is 2. The van der Waals surface area contributed by atoms with Crippen LogP contribution >= 0.6 is 0 Å². The summed E-state index contributed by atoms with van der Waals surface area (Å²) in [6, 6.07) is -1.46. The summed E-state index contributed by atoms with van der Waals surface area (Å²) >= 11 is 0. The predicted octanol–water partition coefficient (Wildman–Crippen LogP) is -0.217. The van der Waals surface area contributed by atoms with Gasteiger partial charge in [-0.05, 0) is 19.3 Å². The number of aliphatic hydroxyl groups excluding tert-OH is 1. The van der Waals surface area contributed by atoms with Gasteiger partial charge >= 0.3 is 12.0 Å². The van der Waals surface area contributed by atoms with Gasteiger partial charge in [-0.2, -0.15) is 0 Å². The number of ether oxygens (including phenoxy) is 1. The molecule has 2 fully saturated rings. The smallest absolute Gasteiger partial charge is 0.326 e. The molecule has 0 spiro atoms. The SMILES string of the molecule is COC1CCCC1NC(=O)N1C[C@H](O)C[C@@H]1C(=O)O. The highest BCUT2D eigenvalue weighted by molar-refractivity contribution is 5.83. The highest BCUT2D eigenvalue weighted by Gasteiger charge is 2.40. The average molecular weight is 272 g/mol. The number of nitrogens with zero attached hydrogens (tertiary/aromatic N) is 1. The zero-order chi connectivity index (χ0) is 14.0. The molecule has 1 saturated carbocycles. The van der Waals surface area contributed by atoms with Crippen LogP contribution in [0.25, 0.3) is 0 Å². The summed E-state index contributed by atoms with van der Waals surface area (Å²) in [5.41, 5.74) is 0. The van der Waals surface area contributed by atoms with E-state index in [0.717, 1.165) is 19.3 Å². The van der Waals surface area contributed by atoms with Crippen LogP contribution in [0.15, 0.2) is 0 Å². The predicted molar refractivity (Wildman–Crippen MR) is 65.7 cm³/mol. The molecule has 0 aromatic rings. The number of carboxylic acid groups (broad SMARTS) is 1. The van der Waals surface area contributed by atoms with Gasteiger partial charge in [-0.15, -0.1) is 0 Å². The monoisotopic (exact) mass is 272 g/mol. The summed E-state index contributed by atoms with van der Waals surface area (Å²) in [5.74, 6) is -1.08. The van der Waals surface area contributed by atoms with Crippen molar-refractivity contribution in [2.75, 3.05) is 13.7 Å². The van der Waals surface area contributed by atoms with E-state index in [9.17, 15) is 14.7 Å². The first-order valence-electron chi connectivity index (χ1n) is 6.53. The summed E-state index contributed by atoms with van der Waals surface area (Å²) in [6.07, 6.45) is 2.01. The first-order chi connectivity index (χ1) is 9.02. The first-order valence-corrected chi connectivity index (χ1v) is 6.53. The van der Waals surface area contributed by atoms with E-state index in [-0.39, 0.29) is 25.1 Å². The molecule has 0 aromatic carbocycles. The number of urea groups is 1. The van der Waals surface area contributed by atoms with Crippen molar-refractivity contribution >= 4 is 12.0 Å². The lowest BCUT2D eigenvalue weighted by Crippen LogP contribution is -2.51. The third-order valence-corrected chi connectivity index (χ3v) is 3.89. The van der Waals surface area contributed by atoms with Crippen LogP contribution in [0.5, 0.6) is 0 Å². The van der Waals surface area contributed by atoms with Crippen molar-refractivity contribution in [2.45, 2.75) is 50.0 Å². The Morgan fingerprint density at radius 1 is 1.37 bits per heavy atom. The highest BCUT2D eigenvalue weighted by atomic mass is 16.5. The molecule has 7 heteroatoms. The second-order valence-electron chi connectivity index (χ2n) is 5.16. The Kier molecular flexibility index (Phi) is 4.26. The molecule has 0 radical (unpaired) electrons. The number of methoxy groups -OCH3 is 1. The van der Waals surface area contributed by atoms with Crippen molar-refractivity contribution in [3.05, 3.63) is 0 Å². The molecule has 0 aromatic heterocycles. The van der Waals surface area contributed by atoms with E-state index < -0.39 is 24.1 Å². The lowest BCUT2D eigenvalue weighted by atomic mass is 10.2. The number of aliphatic carboxylic acids is 1. The van der Waals surface area contributed by atoms with Crippen LogP contribution in [-0.4, -0.2) is 65.1 Å². The lowest BCUT2D eigenvalue weighted by Gasteiger charge is -2.26. The van der Waals surface area contributed by atoms with Gasteiger partial charge in [-0.3, -0.25) is 0 Å². The van der Waals surface area contributed by atoms with E-state index in [1.807, 2.05) is 0 Å². The topological polar surface area (TPSA) is 99.1 Å². The number of likely N-dealkylation sites (tertiary alicyclic amines) is 1. The van der Waals surface area contributed by atoms with Crippen LogP contribution in [0, 0.1) is 0 Å². The standard InChI is InChI=1S/C12H20N2O5/c1-19-10-4-2-3-8(10)13-12(18)14-6-7(15)5-9(14)11(16)17/h7-10,15H,2-6H2,1H3,(H,13,18)(H,16,17)/t7-,8?,9-,10?/m1/s1. The Labute approximate surface area is 111 Å². The van der Waals surface area contributed by atoms with Crippen LogP contribution in [0.3, 0.4) is 0 Å². The van der Waals surface area contributed by atoms with Gasteiger partial charge in [0.05, 0.1) is 18.2 Å². The molecular weight excluding hydrogens is 252 g/mol. The number of carbonyl (C=O) groups is 2. The number of carboxylic acids is 1. The van der Waals surface area contributed by atoms with E-state index in [2.05, 4.69) is 5.32 Å². The van der Waals surface area contributed by atoms with Crippen molar-refractivity contribution in [3.63, 3.8) is 0 Å². The van der Waals surface area contributed by atoms with Gasteiger partial charge in [-0.25, -0.2) is 9.59 Å². The third-order valence-electron chi connectivity index (χ3n) is 3.89. The van der Waals surface area contributed by atoms with E-state index >= 15 is 0 Å². The summed E-state index contributed by atoms with van der Waals surface area (Å²) in [5, 5.41) is 21.4. The molecule has 2 amide bonds. The quantitative estimate of drug-likeness (QED) is 0.660. The van der Waals surface area contributed by atoms with Gasteiger partial charge in [0.2, 0.25) is 0 Å². The Balaban J connectivity index is 1.97. The maximum Gasteiger partial charge on any atom is 0.326 e. The fourth-order valence-electron chi connectivity index (χ4n) is 2.89. The largest absolute Gasteiger partial charge is 0.480 e. The molecule has 4 atom stereocenters. The number of β-amino-alcohol motifs (C(OH)–C–C–N with tert-alkyl or cyclic N) is 1. The Hall–Kier alpha value is -1.34. The molecule has 1 aliphatic carbocycles. The van der Waals surface area contributed by atoms with E-state index in [1.54, 1.807) is 7.11 Å². The molecule has 1 aliphatic heterocycles. The molecule has 1 heterocycles. The maximum absolute atomic E-state index is 12.1. The summed E-state index contributed by atoms with van der Waals surface area (Å²) in [4.78, 5) is 24.4. The molecule has 108 valence electrons. The van der Waals surface area contributed by atoms with E-state index in [0.29, 0.717) is 0 Å². The number of aliphatic hydroxyl groups is 1. The minimum absolute atomic E-state index is 0.0141. The van der Waals surface area contributed by atoms with Crippen LogP contribution in [0.2, 0.25) is 0 Å². The van der Waals surface area contributed by atoms with Crippen molar-refractivity contribution in [1.82, 2.24) is 10.2 Å². The Morgan fingerprint density at radius 2 is 2.11 bits per heavy atom. The normalized spacial score (nSPS) is 34.5. The minimum Gasteiger partial charge on any atom is -0.480 e. The number of hydrogen-bond donors (Lipinski definition) is 3. The van der Waals surface area contributed by atoms with Gasteiger partial charge in [0, 0.05) is 20.1 Å². The van der Waals surface area contributed by atoms with Crippen molar-refractivity contribution < 1.29 is 24.5 Å². The van der Waals surface area contributed by atoms with E-state index in [4.69, 9.17) is 9.84 Å². The average Bonchev–Trinajstić information content (AvgIpc) is 2.95. The molecule has 2 aliphatic rings. The van der Waals surface area contributed by atoms with E-state index in [1.165, 1.54) is 4.90 Å². The second kappa shape index (κ2) is 5.75. The fourth-order valence-corrected chi connectivity index (χ4v) is 2.89. The minimum atomic E-state index is -1.08. The number of nitrogens with one attached hydrogen (secondary N) is 1. The number of hydrogen-bond acceptors (Lipinski definition) is 4. The zero-order valence-corrected chi connectivity index (χ0v) is 10.9. The summed E-state index contributed by atoms with van der Waals surface area (Å²) < 4.78 is 5.28. The molecular formula is C12H20N2O5. The van der Waals surface area contributed by atoms with Gasteiger partial charge in [-0.1, -0.05) is 0 Å². The first kappa shape index (κ1) is 14.1. The summed E-state index contributed by atoms with van der Waals surface area (Å²) in [7, 11) is 1.61.